The van der Waals surface area contributed by atoms with Crippen LogP contribution in [0.5, 0.6) is 0 Å². The van der Waals surface area contributed by atoms with Gasteiger partial charge in [-0.05, 0) is 18.0 Å². The molecule has 1 aliphatic rings. The quantitative estimate of drug-likeness (QED) is 0.558. The third-order valence-corrected chi connectivity index (χ3v) is 4.75. The fraction of sp³-hybridized carbons (Fsp3) is 1.00. The Morgan fingerprint density at radius 3 is 1.82 bits per heavy atom. The SMILES string of the molecule is CC.CC(C)P1CCOCC1. The monoisotopic (exact) mass is 176 g/mol. The van der Waals surface area contributed by atoms with Gasteiger partial charge in [0, 0.05) is 0 Å². The predicted octanol–water partition coefficient (Wildman–Crippen LogP) is 2.93. The molecule has 1 aliphatic heterocycles. The zero-order valence-corrected chi connectivity index (χ0v) is 9.16. The second-order valence-corrected chi connectivity index (χ2v) is 5.85. The molecule has 0 saturated carbocycles. The maximum Gasteiger partial charge on any atom is 0.0505 e. The van der Waals surface area contributed by atoms with Crippen molar-refractivity contribution in [2.75, 3.05) is 25.5 Å². The Kier molecular flexibility index (Phi) is 7.31. The van der Waals surface area contributed by atoms with Crippen LogP contribution in [0, 0.1) is 0 Å². The smallest absolute Gasteiger partial charge is 0.0505 e. The highest BCUT2D eigenvalue weighted by molar-refractivity contribution is 7.58. The first kappa shape index (κ1) is 11.4. The molecule has 0 bridgehead atoms. The van der Waals surface area contributed by atoms with Gasteiger partial charge in [0.2, 0.25) is 0 Å². The van der Waals surface area contributed by atoms with Gasteiger partial charge in [-0.3, -0.25) is 0 Å². The standard InChI is InChI=1S/C7H15OP.C2H6/c1-7(2)9-5-3-8-4-6-9;1-2/h7H,3-6H2,1-2H3;1-2H3. The van der Waals surface area contributed by atoms with Gasteiger partial charge < -0.3 is 4.74 Å². The Morgan fingerprint density at radius 2 is 1.55 bits per heavy atom. The van der Waals surface area contributed by atoms with E-state index in [0.717, 1.165) is 18.9 Å². The van der Waals surface area contributed by atoms with Crippen LogP contribution in [0.2, 0.25) is 0 Å². The molecule has 68 valence electrons. The highest BCUT2D eigenvalue weighted by atomic mass is 31.1. The Hall–Kier alpha value is 0.390. The second-order valence-electron chi connectivity index (χ2n) is 2.74. The Balaban J connectivity index is 0.000000461. The van der Waals surface area contributed by atoms with Crippen LogP contribution in [0.1, 0.15) is 27.7 Å². The van der Waals surface area contributed by atoms with E-state index in [4.69, 9.17) is 4.74 Å². The molecular weight excluding hydrogens is 155 g/mol. The summed E-state index contributed by atoms with van der Waals surface area (Å²) in [6.07, 6.45) is 2.68. The molecule has 1 rings (SSSR count). The fourth-order valence-corrected chi connectivity index (χ4v) is 3.08. The average Bonchev–Trinajstić information content (AvgIpc) is 2.10. The summed E-state index contributed by atoms with van der Waals surface area (Å²) < 4.78 is 5.27. The van der Waals surface area contributed by atoms with Crippen molar-refractivity contribution in [3.05, 3.63) is 0 Å². The third kappa shape index (κ3) is 4.76. The summed E-state index contributed by atoms with van der Waals surface area (Å²) in [5.74, 6) is 0. The number of hydrogen-bond donors (Lipinski definition) is 0. The summed E-state index contributed by atoms with van der Waals surface area (Å²) in [6.45, 7) is 10.7. The summed E-state index contributed by atoms with van der Waals surface area (Å²) in [7, 11) is 0.344. The van der Waals surface area contributed by atoms with Crippen LogP contribution in [0.3, 0.4) is 0 Å². The van der Waals surface area contributed by atoms with Crippen molar-refractivity contribution in [1.82, 2.24) is 0 Å². The van der Waals surface area contributed by atoms with Gasteiger partial charge in [0.05, 0.1) is 13.2 Å². The molecule has 2 heteroatoms. The first-order valence-electron chi connectivity index (χ1n) is 4.62. The Labute approximate surface area is 72.3 Å². The van der Waals surface area contributed by atoms with E-state index in [9.17, 15) is 0 Å². The zero-order valence-electron chi connectivity index (χ0n) is 8.26. The molecule has 0 aromatic rings. The molecule has 0 atom stereocenters. The van der Waals surface area contributed by atoms with Crippen molar-refractivity contribution in [2.24, 2.45) is 0 Å². The first-order chi connectivity index (χ1) is 5.30. The van der Waals surface area contributed by atoms with Crippen molar-refractivity contribution in [1.29, 1.82) is 0 Å². The maximum absolute atomic E-state index is 5.27. The van der Waals surface area contributed by atoms with Gasteiger partial charge in [-0.15, -0.1) is 0 Å². The number of rotatable bonds is 1. The van der Waals surface area contributed by atoms with E-state index in [1.54, 1.807) is 0 Å². The van der Waals surface area contributed by atoms with Gasteiger partial charge in [0.1, 0.15) is 0 Å². The molecule has 0 radical (unpaired) electrons. The topological polar surface area (TPSA) is 9.23 Å². The van der Waals surface area contributed by atoms with Gasteiger partial charge in [-0.2, -0.15) is 0 Å². The molecule has 1 saturated heterocycles. The fourth-order valence-electron chi connectivity index (χ4n) is 1.09. The van der Waals surface area contributed by atoms with E-state index in [0.29, 0.717) is 7.92 Å². The van der Waals surface area contributed by atoms with Gasteiger partial charge in [0.25, 0.3) is 0 Å². The largest absolute Gasteiger partial charge is 0.381 e. The van der Waals surface area contributed by atoms with Crippen molar-refractivity contribution in [3.8, 4) is 0 Å². The predicted molar refractivity (Wildman–Crippen MR) is 54.0 cm³/mol. The van der Waals surface area contributed by atoms with Crippen molar-refractivity contribution in [3.63, 3.8) is 0 Å². The molecule has 0 amide bonds. The average molecular weight is 176 g/mol. The van der Waals surface area contributed by atoms with Crippen LogP contribution >= 0.6 is 7.92 Å². The summed E-state index contributed by atoms with van der Waals surface area (Å²) >= 11 is 0. The molecule has 1 fully saturated rings. The minimum absolute atomic E-state index is 0.344. The Morgan fingerprint density at radius 1 is 1.09 bits per heavy atom. The summed E-state index contributed by atoms with van der Waals surface area (Å²) in [5.41, 5.74) is 0.920. The first-order valence-corrected chi connectivity index (χ1v) is 6.40. The summed E-state index contributed by atoms with van der Waals surface area (Å²) in [5, 5.41) is 0. The highest BCUT2D eigenvalue weighted by Gasteiger charge is 2.15. The van der Waals surface area contributed by atoms with Crippen molar-refractivity contribution in [2.45, 2.75) is 33.4 Å². The normalized spacial score (nSPS) is 19.4. The Bertz CT molecular complexity index is 77.6. The number of hydrogen-bond acceptors (Lipinski definition) is 1. The molecule has 1 nitrogen and oxygen atoms in total. The third-order valence-electron chi connectivity index (χ3n) is 1.78. The van der Waals surface area contributed by atoms with Gasteiger partial charge in [-0.25, -0.2) is 0 Å². The lowest BCUT2D eigenvalue weighted by molar-refractivity contribution is 0.158. The lowest BCUT2D eigenvalue weighted by Gasteiger charge is -2.25. The molecule has 0 aliphatic carbocycles. The van der Waals surface area contributed by atoms with Crippen LogP contribution in [0.15, 0.2) is 0 Å². The van der Waals surface area contributed by atoms with E-state index in [2.05, 4.69) is 13.8 Å². The molecule has 0 spiro atoms. The van der Waals surface area contributed by atoms with Crippen LogP contribution in [-0.4, -0.2) is 31.2 Å². The minimum atomic E-state index is 0.344. The van der Waals surface area contributed by atoms with Crippen LogP contribution in [0.25, 0.3) is 0 Å². The van der Waals surface area contributed by atoms with Gasteiger partial charge in [-0.1, -0.05) is 35.6 Å². The molecule has 0 N–H and O–H groups in total. The maximum atomic E-state index is 5.27. The lowest BCUT2D eigenvalue weighted by atomic mass is 10.6. The molecule has 0 aromatic carbocycles. The number of ether oxygens (including phenoxy) is 1. The van der Waals surface area contributed by atoms with Crippen LogP contribution in [0.4, 0.5) is 0 Å². The van der Waals surface area contributed by atoms with E-state index in [1.807, 2.05) is 13.8 Å². The van der Waals surface area contributed by atoms with Crippen LogP contribution < -0.4 is 0 Å². The molecule has 1 heterocycles. The van der Waals surface area contributed by atoms with E-state index in [-0.39, 0.29) is 0 Å². The summed E-state index contributed by atoms with van der Waals surface area (Å²) in [6, 6.07) is 0. The highest BCUT2D eigenvalue weighted by Crippen LogP contribution is 2.41. The van der Waals surface area contributed by atoms with Crippen molar-refractivity contribution < 1.29 is 4.74 Å². The van der Waals surface area contributed by atoms with Crippen LogP contribution in [-0.2, 0) is 4.74 Å². The molecular formula is C9H21OP. The molecule has 0 unspecified atom stereocenters. The molecule has 11 heavy (non-hydrogen) atoms. The van der Waals surface area contributed by atoms with E-state index >= 15 is 0 Å². The van der Waals surface area contributed by atoms with E-state index < -0.39 is 0 Å². The molecule has 0 aromatic heterocycles. The van der Waals surface area contributed by atoms with E-state index in [1.165, 1.54) is 12.3 Å². The summed E-state index contributed by atoms with van der Waals surface area (Å²) in [4.78, 5) is 0. The minimum Gasteiger partial charge on any atom is -0.381 e. The zero-order chi connectivity index (χ0) is 8.69. The second kappa shape index (κ2) is 7.06. The lowest BCUT2D eigenvalue weighted by Crippen LogP contribution is -2.16. The van der Waals surface area contributed by atoms with Crippen molar-refractivity contribution >= 4 is 7.92 Å². The van der Waals surface area contributed by atoms with Gasteiger partial charge in [0.15, 0.2) is 0 Å². The van der Waals surface area contributed by atoms with Gasteiger partial charge >= 0.3 is 0 Å².